The van der Waals surface area contributed by atoms with Gasteiger partial charge in [0.05, 0.1) is 30.6 Å². The van der Waals surface area contributed by atoms with E-state index in [0.717, 1.165) is 43.8 Å². The number of para-hydroxylation sites is 1. The number of aromatic amines is 1. The SMILES string of the molecule is O=C(Nc1ccc(CN2CCOCC2)cc1)c1[nH]ncc1Nc1ncnc2ccccc12. The first-order valence-electron chi connectivity index (χ1n) is 10.5. The molecule has 0 unspecified atom stereocenters. The fourth-order valence-corrected chi connectivity index (χ4v) is 3.69. The second-order valence-electron chi connectivity index (χ2n) is 7.56. The Labute approximate surface area is 184 Å². The van der Waals surface area contributed by atoms with Gasteiger partial charge >= 0.3 is 0 Å². The van der Waals surface area contributed by atoms with Gasteiger partial charge in [-0.05, 0) is 29.8 Å². The molecule has 9 nitrogen and oxygen atoms in total. The number of amides is 1. The molecule has 1 aliphatic rings. The van der Waals surface area contributed by atoms with Crippen LogP contribution in [0.4, 0.5) is 17.2 Å². The smallest absolute Gasteiger partial charge is 0.275 e. The summed E-state index contributed by atoms with van der Waals surface area (Å²) in [5.74, 6) is 0.322. The van der Waals surface area contributed by atoms with E-state index in [9.17, 15) is 4.79 Å². The Morgan fingerprint density at radius 1 is 1.06 bits per heavy atom. The number of rotatable bonds is 6. The lowest BCUT2D eigenvalue weighted by Gasteiger charge is -2.26. The quantitative estimate of drug-likeness (QED) is 0.432. The molecular formula is C23H23N7O2. The van der Waals surface area contributed by atoms with Gasteiger partial charge in [0.25, 0.3) is 5.91 Å². The highest BCUT2D eigenvalue weighted by molar-refractivity contribution is 6.07. The number of nitrogens with one attached hydrogen (secondary N) is 3. The van der Waals surface area contributed by atoms with Crippen molar-refractivity contribution in [3.8, 4) is 0 Å². The molecule has 9 heteroatoms. The van der Waals surface area contributed by atoms with Crippen LogP contribution in [0.25, 0.3) is 10.9 Å². The average Bonchev–Trinajstić information content (AvgIpc) is 3.30. The maximum atomic E-state index is 12.9. The highest BCUT2D eigenvalue weighted by Gasteiger charge is 2.16. The maximum absolute atomic E-state index is 12.9. The molecule has 162 valence electrons. The number of ether oxygens (including phenoxy) is 1. The Morgan fingerprint density at radius 3 is 2.72 bits per heavy atom. The molecule has 1 saturated heterocycles. The number of anilines is 3. The first kappa shape index (κ1) is 20.1. The van der Waals surface area contributed by atoms with E-state index in [4.69, 9.17) is 4.74 Å². The van der Waals surface area contributed by atoms with Gasteiger partial charge < -0.3 is 15.4 Å². The molecule has 0 radical (unpaired) electrons. The average molecular weight is 429 g/mol. The number of nitrogens with zero attached hydrogens (tertiary/aromatic N) is 4. The summed E-state index contributed by atoms with van der Waals surface area (Å²) < 4.78 is 5.39. The summed E-state index contributed by atoms with van der Waals surface area (Å²) in [7, 11) is 0. The van der Waals surface area contributed by atoms with E-state index in [0.29, 0.717) is 22.9 Å². The first-order valence-corrected chi connectivity index (χ1v) is 10.5. The zero-order valence-corrected chi connectivity index (χ0v) is 17.4. The first-order chi connectivity index (χ1) is 15.8. The van der Waals surface area contributed by atoms with Crippen molar-refractivity contribution in [3.63, 3.8) is 0 Å². The van der Waals surface area contributed by atoms with Gasteiger partial charge in [0, 0.05) is 30.7 Å². The van der Waals surface area contributed by atoms with Crippen LogP contribution in [-0.2, 0) is 11.3 Å². The second kappa shape index (κ2) is 9.13. The monoisotopic (exact) mass is 429 g/mol. The van der Waals surface area contributed by atoms with Gasteiger partial charge in [0.2, 0.25) is 0 Å². The van der Waals surface area contributed by atoms with Crippen LogP contribution < -0.4 is 10.6 Å². The molecule has 3 heterocycles. The van der Waals surface area contributed by atoms with Gasteiger partial charge in [-0.2, -0.15) is 5.10 Å². The van der Waals surface area contributed by atoms with E-state index in [1.807, 2.05) is 48.5 Å². The number of benzene rings is 2. The summed E-state index contributed by atoms with van der Waals surface area (Å²) in [5.41, 5.74) is 3.59. The Bertz CT molecular complexity index is 1210. The van der Waals surface area contributed by atoms with Gasteiger partial charge in [0.15, 0.2) is 0 Å². The van der Waals surface area contributed by atoms with Crippen LogP contribution >= 0.6 is 0 Å². The van der Waals surface area contributed by atoms with Crippen molar-refractivity contribution < 1.29 is 9.53 Å². The molecule has 0 spiro atoms. The third kappa shape index (κ3) is 4.43. The van der Waals surface area contributed by atoms with E-state index in [2.05, 4.69) is 35.7 Å². The van der Waals surface area contributed by atoms with Gasteiger partial charge in [0.1, 0.15) is 17.8 Å². The van der Waals surface area contributed by atoms with Crippen LogP contribution in [0.1, 0.15) is 16.1 Å². The minimum absolute atomic E-state index is 0.288. The summed E-state index contributed by atoms with van der Waals surface area (Å²) in [4.78, 5) is 23.8. The zero-order chi connectivity index (χ0) is 21.8. The van der Waals surface area contributed by atoms with Gasteiger partial charge in [-0.3, -0.25) is 14.8 Å². The molecule has 1 amide bonds. The van der Waals surface area contributed by atoms with Crippen molar-refractivity contribution in [2.75, 3.05) is 36.9 Å². The third-order valence-electron chi connectivity index (χ3n) is 5.38. The Kier molecular flexibility index (Phi) is 5.73. The number of hydrogen-bond donors (Lipinski definition) is 3. The summed E-state index contributed by atoms with van der Waals surface area (Å²) in [6.45, 7) is 4.31. The number of morpholine rings is 1. The zero-order valence-electron chi connectivity index (χ0n) is 17.4. The summed E-state index contributed by atoms with van der Waals surface area (Å²) in [6, 6.07) is 15.6. The molecule has 5 rings (SSSR count). The summed E-state index contributed by atoms with van der Waals surface area (Å²) in [6.07, 6.45) is 3.06. The number of aromatic nitrogens is 4. The van der Waals surface area contributed by atoms with E-state index < -0.39 is 0 Å². The van der Waals surface area contributed by atoms with Crippen LogP contribution in [-0.4, -0.2) is 57.3 Å². The van der Waals surface area contributed by atoms with Crippen molar-refractivity contribution in [1.29, 1.82) is 0 Å². The van der Waals surface area contributed by atoms with Crippen LogP contribution in [0.2, 0.25) is 0 Å². The molecule has 0 atom stereocenters. The number of fused-ring (bicyclic) bond motifs is 1. The number of hydrogen-bond acceptors (Lipinski definition) is 7. The Morgan fingerprint density at radius 2 is 1.88 bits per heavy atom. The van der Waals surface area contributed by atoms with Crippen molar-refractivity contribution >= 4 is 34.0 Å². The van der Waals surface area contributed by atoms with Gasteiger partial charge in [-0.1, -0.05) is 24.3 Å². The normalized spacial score (nSPS) is 14.4. The van der Waals surface area contributed by atoms with Crippen molar-refractivity contribution in [1.82, 2.24) is 25.1 Å². The molecule has 2 aromatic heterocycles. The Balaban J connectivity index is 1.27. The minimum atomic E-state index is -0.288. The fraction of sp³-hybridized carbons (Fsp3) is 0.217. The lowest BCUT2D eigenvalue weighted by Crippen LogP contribution is -2.35. The highest BCUT2D eigenvalue weighted by Crippen LogP contribution is 2.24. The van der Waals surface area contributed by atoms with Crippen molar-refractivity contribution in [3.05, 3.63) is 72.3 Å². The van der Waals surface area contributed by atoms with E-state index in [1.54, 1.807) is 6.20 Å². The highest BCUT2D eigenvalue weighted by atomic mass is 16.5. The predicted molar refractivity (Wildman–Crippen MR) is 122 cm³/mol. The predicted octanol–water partition coefficient (Wildman–Crippen LogP) is 3.18. The van der Waals surface area contributed by atoms with Crippen LogP contribution in [0.3, 0.4) is 0 Å². The topological polar surface area (TPSA) is 108 Å². The Hall–Kier alpha value is -3.82. The van der Waals surface area contributed by atoms with Gasteiger partial charge in [-0.15, -0.1) is 0 Å². The number of H-pyrrole nitrogens is 1. The molecule has 0 saturated carbocycles. The molecule has 4 aromatic rings. The van der Waals surface area contributed by atoms with E-state index in [-0.39, 0.29) is 5.91 Å². The van der Waals surface area contributed by atoms with Crippen LogP contribution in [0, 0.1) is 0 Å². The second-order valence-corrected chi connectivity index (χ2v) is 7.56. The molecule has 32 heavy (non-hydrogen) atoms. The summed E-state index contributed by atoms with van der Waals surface area (Å²) >= 11 is 0. The minimum Gasteiger partial charge on any atom is -0.379 e. The molecule has 1 aliphatic heterocycles. The molecule has 3 N–H and O–H groups in total. The molecule has 2 aromatic carbocycles. The largest absolute Gasteiger partial charge is 0.379 e. The molecular weight excluding hydrogens is 406 g/mol. The van der Waals surface area contributed by atoms with Crippen LogP contribution in [0.15, 0.2) is 61.1 Å². The third-order valence-corrected chi connectivity index (χ3v) is 5.38. The standard InChI is InChI=1S/C23H23N7O2/c31-23(27-17-7-5-16(6-8-17)14-30-9-11-32-12-10-30)21-20(13-26-29-21)28-22-18-3-1-2-4-19(18)24-15-25-22/h1-8,13,15H,9-12,14H2,(H,26,29)(H,27,31)(H,24,25,28). The lowest BCUT2D eigenvalue weighted by molar-refractivity contribution is 0.0342. The van der Waals surface area contributed by atoms with Crippen molar-refractivity contribution in [2.45, 2.75) is 6.54 Å². The van der Waals surface area contributed by atoms with Crippen molar-refractivity contribution in [2.24, 2.45) is 0 Å². The summed E-state index contributed by atoms with van der Waals surface area (Å²) in [5, 5.41) is 13.8. The molecule has 0 aliphatic carbocycles. The molecule has 1 fully saturated rings. The fourth-order valence-electron chi connectivity index (χ4n) is 3.69. The maximum Gasteiger partial charge on any atom is 0.275 e. The van der Waals surface area contributed by atoms with Gasteiger partial charge in [-0.25, -0.2) is 9.97 Å². The number of carbonyl (C=O) groups excluding carboxylic acids is 1. The van der Waals surface area contributed by atoms with Crippen LogP contribution in [0.5, 0.6) is 0 Å². The molecule has 0 bridgehead atoms. The van der Waals surface area contributed by atoms with E-state index in [1.165, 1.54) is 11.9 Å². The van der Waals surface area contributed by atoms with E-state index >= 15 is 0 Å². The number of carbonyl (C=O) groups is 1. The lowest BCUT2D eigenvalue weighted by atomic mass is 10.2.